The second-order valence-corrected chi connectivity index (χ2v) is 11.4. The molecule has 1 fully saturated rings. The Morgan fingerprint density at radius 1 is 0.943 bits per heavy atom. The van der Waals surface area contributed by atoms with E-state index in [1.54, 1.807) is 0 Å². The van der Waals surface area contributed by atoms with Gasteiger partial charge in [-0.25, -0.2) is 4.79 Å². The standard InChI is InChI=1S/C28H29BINO4/c1-27(2)28(3,4)35-29(34-27)19-13-18(14-20(30)15-19)16-31-26(32)33-17-25-23-11-7-5-9-21(23)22-10-6-8-12-24(22)25/h5-15,25H,16-17H2,1-4H3,(H,31,32). The number of nitrogens with one attached hydrogen (secondary N) is 1. The van der Waals surface area contributed by atoms with E-state index < -0.39 is 24.4 Å². The number of carbonyl (C=O) groups excluding carboxylic acids is 1. The molecule has 0 radical (unpaired) electrons. The molecule has 1 N–H and O–H groups in total. The number of hydrogen-bond donors (Lipinski definition) is 1. The number of carbonyl (C=O) groups is 1. The maximum Gasteiger partial charge on any atom is 0.494 e. The summed E-state index contributed by atoms with van der Waals surface area (Å²) in [7, 11) is -0.442. The number of rotatable bonds is 5. The van der Waals surface area contributed by atoms with Crippen LogP contribution in [0.25, 0.3) is 11.1 Å². The highest BCUT2D eigenvalue weighted by atomic mass is 127. The molecule has 180 valence electrons. The first-order chi connectivity index (χ1) is 16.6. The average molecular weight is 581 g/mol. The molecule has 0 bridgehead atoms. The van der Waals surface area contributed by atoms with Crippen LogP contribution in [0.3, 0.4) is 0 Å². The normalized spacial score (nSPS) is 17.7. The minimum atomic E-state index is -0.442. The first kappa shape index (κ1) is 24.3. The van der Waals surface area contributed by atoms with Crippen LogP contribution >= 0.6 is 22.6 Å². The largest absolute Gasteiger partial charge is 0.494 e. The molecule has 0 spiro atoms. The van der Waals surface area contributed by atoms with Crippen LogP contribution in [-0.2, 0) is 20.6 Å². The van der Waals surface area contributed by atoms with Crippen LogP contribution in [0.2, 0.25) is 0 Å². The van der Waals surface area contributed by atoms with E-state index >= 15 is 0 Å². The summed E-state index contributed by atoms with van der Waals surface area (Å²) in [6.45, 7) is 8.83. The quantitative estimate of drug-likeness (QED) is 0.314. The van der Waals surface area contributed by atoms with Gasteiger partial charge < -0.3 is 19.4 Å². The highest BCUT2D eigenvalue weighted by molar-refractivity contribution is 14.1. The first-order valence-electron chi connectivity index (χ1n) is 11.9. The number of halogens is 1. The van der Waals surface area contributed by atoms with E-state index in [2.05, 4.69) is 58.2 Å². The first-order valence-corrected chi connectivity index (χ1v) is 13.0. The molecule has 7 heteroatoms. The highest BCUT2D eigenvalue weighted by Crippen LogP contribution is 2.44. The molecule has 0 unspecified atom stereocenters. The second-order valence-electron chi connectivity index (χ2n) is 10.2. The van der Waals surface area contributed by atoms with Crippen LogP contribution in [0.15, 0.2) is 66.7 Å². The molecule has 1 aliphatic heterocycles. The molecular formula is C28H29BINO4. The number of ether oxygens (including phenoxy) is 1. The molecule has 5 rings (SSSR count). The molecule has 35 heavy (non-hydrogen) atoms. The molecule has 3 aromatic rings. The van der Waals surface area contributed by atoms with E-state index in [0.717, 1.165) is 14.6 Å². The molecule has 1 amide bonds. The zero-order valence-corrected chi connectivity index (χ0v) is 22.6. The molecule has 0 saturated carbocycles. The van der Waals surface area contributed by atoms with Crippen LogP contribution in [0.4, 0.5) is 4.79 Å². The summed E-state index contributed by atoms with van der Waals surface area (Å²) in [5.41, 5.74) is 5.93. The zero-order chi connectivity index (χ0) is 24.8. The molecule has 0 atom stereocenters. The summed E-state index contributed by atoms with van der Waals surface area (Å²) in [5, 5.41) is 2.90. The fourth-order valence-electron chi connectivity index (χ4n) is 4.72. The molecule has 0 aromatic heterocycles. The predicted molar refractivity (Wildman–Crippen MR) is 147 cm³/mol. The van der Waals surface area contributed by atoms with Gasteiger partial charge in [0.05, 0.1) is 11.2 Å². The maximum absolute atomic E-state index is 12.6. The van der Waals surface area contributed by atoms with Crippen molar-refractivity contribution in [1.82, 2.24) is 5.32 Å². The van der Waals surface area contributed by atoms with Gasteiger partial charge in [0.25, 0.3) is 0 Å². The molecule has 2 aliphatic rings. The lowest BCUT2D eigenvalue weighted by Crippen LogP contribution is -2.41. The van der Waals surface area contributed by atoms with Crippen molar-refractivity contribution in [3.63, 3.8) is 0 Å². The van der Waals surface area contributed by atoms with Crippen LogP contribution < -0.4 is 10.8 Å². The molecule has 5 nitrogen and oxygen atoms in total. The van der Waals surface area contributed by atoms with Crippen molar-refractivity contribution in [3.05, 3.63) is 87.0 Å². The second kappa shape index (κ2) is 9.26. The van der Waals surface area contributed by atoms with Gasteiger partial charge in [-0.3, -0.25) is 0 Å². The van der Waals surface area contributed by atoms with Crippen molar-refractivity contribution >= 4 is 41.3 Å². The monoisotopic (exact) mass is 581 g/mol. The minimum Gasteiger partial charge on any atom is -0.449 e. The lowest BCUT2D eigenvalue weighted by molar-refractivity contribution is 0.00578. The van der Waals surface area contributed by atoms with Crippen molar-refractivity contribution < 1.29 is 18.8 Å². The summed E-state index contributed by atoms with van der Waals surface area (Å²) in [6.07, 6.45) is -0.428. The number of amides is 1. The Morgan fingerprint density at radius 3 is 2.11 bits per heavy atom. The lowest BCUT2D eigenvalue weighted by Gasteiger charge is -2.32. The van der Waals surface area contributed by atoms with Crippen molar-refractivity contribution in [2.75, 3.05) is 6.61 Å². The number of alkyl carbamates (subject to hydrolysis) is 1. The van der Waals surface area contributed by atoms with Gasteiger partial charge in [0, 0.05) is 16.0 Å². The maximum atomic E-state index is 12.6. The Kier molecular flexibility index (Phi) is 6.44. The molecule has 3 aromatic carbocycles. The third kappa shape index (κ3) is 4.73. The SMILES string of the molecule is CC1(C)OB(c2cc(I)cc(CNC(=O)OCC3c4ccccc4-c4ccccc43)c2)OC1(C)C. The van der Waals surface area contributed by atoms with Crippen LogP contribution in [-0.4, -0.2) is 31.0 Å². The average Bonchev–Trinajstić information content (AvgIpc) is 3.25. The summed E-state index contributed by atoms with van der Waals surface area (Å²) in [6, 6.07) is 22.8. The topological polar surface area (TPSA) is 56.8 Å². The smallest absolute Gasteiger partial charge is 0.449 e. The summed E-state index contributed by atoms with van der Waals surface area (Å²) in [5.74, 6) is 0.0424. The Bertz CT molecular complexity index is 1210. The van der Waals surface area contributed by atoms with Crippen LogP contribution in [0.1, 0.15) is 50.3 Å². The van der Waals surface area contributed by atoms with Gasteiger partial charge in [-0.2, -0.15) is 0 Å². The van der Waals surface area contributed by atoms with Gasteiger partial charge in [0.2, 0.25) is 0 Å². The van der Waals surface area contributed by atoms with E-state index in [-0.39, 0.29) is 5.92 Å². The zero-order valence-electron chi connectivity index (χ0n) is 20.4. The fraction of sp³-hybridized carbons (Fsp3) is 0.321. The number of fused-ring (bicyclic) bond motifs is 3. The molecule has 1 heterocycles. The molecule has 1 aliphatic carbocycles. The third-order valence-electron chi connectivity index (χ3n) is 7.29. The van der Waals surface area contributed by atoms with Gasteiger partial charge in [0.15, 0.2) is 0 Å². The van der Waals surface area contributed by atoms with E-state index in [9.17, 15) is 4.79 Å². The van der Waals surface area contributed by atoms with E-state index in [1.165, 1.54) is 22.3 Å². The van der Waals surface area contributed by atoms with E-state index in [0.29, 0.717) is 13.2 Å². The van der Waals surface area contributed by atoms with Crippen molar-refractivity contribution in [3.8, 4) is 11.1 Å². The van der Waals surface area contributed by atoms with Gasteiger partial charge in [0.1, 0.15) is 6.61 Å². The summed E-state index contributed by atoms with van der Waals surface area (Å²) >= 11 is 2.28. The Balaban J connectivity index is 1.23. The minimum absolute atomic E-state index is 0.0424. The van der Waals surface area contributed by atoms with Crippen molar-refractivity contribution in [2.45, 2.75) is 51.4 Å². The van der Waals surface area contributed by atoms with Gasteiger partial charge >= 0.3 is 13.2 Å². The number of hydrogen-bond acceptors (Lipinski definition) is 4. The fourth-order valence-corrected chi connectivity index (χ4v) is 5.48. The lowest BCUT2D eigenvalue weighted by atomic mass is 9.78. The highest BCUT2D eigenvalue weighted by Gasteiger charge is 2.51. The number of benzene rings is 3. The Morgan fingerprint density at radius 2 is 1.51 bits per heavy atom. The summed E-state index contributed by atoms with van der Waals surface area (Å²) in [4.78, 5) is 12.6. The predicted octanol–water partition coefficient (Wildman–Crippen LogP) is 5.63. The van der Waals surface area contributed by atoms with Crippen LogP contribution in [0, 0.1) is 3.57 Å². The molecular weight excluding hydrogens is 552 g/mol. The Hall–Kier alpha value is -2.36. The third-order valence-corrected chi connectivity index (χ3v) is 7.91. The van der Waals surface area contributed by atoms with Crippen LogP contribution in [0.5, 0.6) is 0 Å². The van der Waals surface area contributed by atoms with Gasteiger partial charge in [-0.1, -0.05) is 54.6 Å². The van der Waals surface area contributed by atoms with Crippen molar-refractivity contribution in [1.29, 1.82) is 0 Å². The van der Waals surface area contributed by atoms with Gasteiger partial charge in [-0.05, 0) is 95.7 Å². The Labute approximate surface area is 220 Å². The van der Waals surface area contributed by atoms with Crippen molar-refractivity contribution in [2.24, 2.45) is 0 Å². The van der Waals surface area contributed by atoms with E-state index in [4.69, 9.17) is 14.0 Å². The van der Waals surface area contributed by atoms with E-state index in [1.807, 2.05) is 64.1 Å². The molecule has 1 saturated heterocycles. The summed E-state index contributed by atoms with van der Waals surface area (Å²) < 4.78 is 19.1. The van der Waals surface area contributed by atoms with Gasteiger partial charge in [-0.15, -0.1) is 0 Å².